The molecule has 0 bridgehead atoms. The second-order valence-corrected chi connectivity index (χ2v) is 7.55. The topological polar surface area (TPSA) is 50.6 Å². The van der Waals surface area contributed by atoms with Gasteiger partial charge in [0.2, 0.25) is 0 Å². The molecular weight excluding hydrogens is 340 g/mol. The third-order valence-electron chi connectivity index (χ3n) is 5.51. The van der Waals surface area contributed by atoms with E-state index in [2.05, 4.69) is 21.9 Å². The summed E-state index contributed by atoms with van der Waals surface area (Å²) >= 11 is 0. The number of nitrogens with zero attached hydrogens (tertiary/aromatic N) is 4. The third kappa shape index (κ3) is 4.39. The van der Waals surface area contributed by atoms with E-state index < -0.39 is 0 Å². The maximum Gasteiger partial charge on any atom is 0.253 e. The molecular formula is C21H28N4O2. The summed E-state index contributed by atoms with van der Waals surface area (Å²) in [4.78, 5) is 22.3. The number of ether oxygens (including phenoxy) is 1. The van der Waals surface area contributed by atoms with E-state index >= 15 is 0 Å². The quantitative estimate of drug-likeness (QED) is 0.810. The monoisotopic (exact) mass is 368 g/mol. The highest BCUT2D eigenvalue weighted by molar-refractivity contribution is 5.27. The van der Waals surface area contributed by atoms with Crippen molar-refractivity contribution in [3.63, 3.8) is 0 Å². The minimum atomic E-state index is 0.0977. The molecule has 2 aromatic rings. The second kappa shape index (κ2) is 8.23. The number of methoxy groups -OCH3 is 1. The number of fused-ring (bicyclic) bond motifs is 1. The average Bonchev–Trinajstić information content (AvgIpc) is 3.08. The van der Waals surface area contributed by atoms with Crippen LogP contribution < -0.4 is 10.3 Å². The fourth-order valence-corrected chi connectivity index (χ4v) is 4.07. The zero-order valence-electron chi connectivity index (χ0n) is 16.1. The zero-order chi connectivity index (χ0) is 18.6. The summed E-state index contributed by atoms with van der Waals surface area (Å²) in [5, 5.41) is 0. The molecule has 144 valence electrons. The van der Waals surface area contributed by atoms with E-state index in [0.717, 1.165) is 69.5 Å². The van der Waals surface area contributed by atoms with Gasteiger partial charge in [0.15, 0.2) is 0 Å². The summed E-state index contributed by atoms with van der Waals surface area (Å²) in [6.45, 7) is 6.32. The Labute approximate surface area is 160 Å². The molecule has 2 aliphatic rings. The Kier molecular flexibility index (Phi) is 5.55. The zero-order valence-corrected chi connectivity index (χ0v) is 16.1. The van der Waals surface area contributed by atoms with Crippen LogP contribution in [0, 0.1) is 0 Å². The molecule has 0 atom stereocenters. The standard InChI is InChI=1S/C21H28N4O2/c1-27-19-7-5-17(6-8-19)14-24-11-4-12-25-20(16-24)22-18(13-21(25)26)15-23-9-2-3-10-23/h5-8,13H,2-4,9-12,14-16H2,1H3. The van der Waals surface area contributed by atoms with Crippen molar-refractivity contribution in [1.29, 1.82) is 0 Å². The van der Waals surface area contributed by atoms with Crippen molar-refractivity contribution >= 4 is 0 Å². The Morgan fingerprint density at radius 2 is 1.70 bits per heavy atom. The van der Waals surface area contributed by atoms with E-state index in [1.54, 1.807) is 13.2 Å². The van der Waals surface area contributed by atoms with Crippen LogP contribution in [0.5, 0.6) is 5.75 Å². The molecule has 0 amide bonds. The predicted molar refractivity (Wildman–Crippen MR) is 105 cm³/mol. The van der Waals surface area contributed by atoms with Gasteiger partial charge in [-0.2, -0.15) is 0 Å². The summed E-state index contributed by atoms with van der Waals surface area (Å²) in [6, 6.07) is 9.94. The number of likely N-dealkylation sites (tertiary alicyclic amines) is 1. The molecule has 0 N–H and O–H groups in total. The maximum atomic E-state index is 12.6. The van der Waals surface area contributed by atoms with Gasteiger partial charge in [-0.15, -0.1) is 0 Å². The fraction of sp³-hybridized carbons (Fsp3) is 0.524. The van der Waals surface area contributed by atoms with Crippen molar-refractivity contribution in [2.75, 3.05) is 26.7 Å². The first-order valence-electron chi connectivity index (χ1n) is 9.88. The van der Waals surface area contributed by atoms with E-state index in [1.165, 1.54) is 18.4 Å². The Balaban J connectivity index is 1.50. The van der Waals surface area contributed by atoms with Crippen LogP contribution in [0.25, 0.3) is 0 Å². The number of hydrogen-bond acceptors (Lipinski definition) is 5. The smallest absolute Gasteiger partial charge is 0.253 e. The molecule has 0 unspecified atom stereocenters. The van der Waals surface area contributed by atoms with Crippen molar-refractivity contribution in [1.82, 2.24) is 19.4 Å². The molecule has 2 aliphatic heterocycles. The van der Waals surface area contributed by atoms with Gasteiger partial charge in [-0.3, -0.25) is 19.2 Å². The largest absolute Gasteiger partial charge is 0.497 e. The SMILES string of the molecule is COc1ccc(CN2CCCn3c(nc(CN4CCCC4)cc3=O)C2)cc1. The lowest BCUT2D eigenvalue weighted by atomic mass is 10.2. The van der Waals surface area contributed by atoms with Gasteiger partial charge in [0, 0.05) is 32.2 Å². The summed E-state index contributed by atoms with van der Waals surface area (Å²) in [5.41, 5.74) is 2.26. The first-order valence-corrected chi connectivity index (χ1v) is 9.88. The lowest BCUT2D eigenvalue weighted by Crippen LogP contribution is -2.29. The van der Waals surface area contributed by atoms with Gasteiger partial charge in [-0.1, -0.05) is 12.1 Å². The molecule has 27 heavy (non-hydrogen) atoms. The van der Waals surface area contributed by atoms with Gasteiger partial charge < -0.3 is 4.74 Å². The van der Waals surface area contributed by atoms with Crippen LogP contribution in [-0.4, -0.2) is 46.1 Å². The van der Waals surface area contributed by atoms with E-state index in [4.69, 9.17) is 9.72 Å². The van der Waals surface area contributed by atoms with Gasteiger partial charge >= 0.3 is 0 Å². The molecule has 0 aliphatic carbocycles. The molecule has 1 aromatic heterocycles. The van der Waals surface area contributed by atoms with Crippen LogP contribution in [0.1, 0.15) is 36.3 Å². The molecule has 6 heteroatoms. The van der Waals surface area contributed by atoms with Crippen LogP contribution in [0.4, 0.5) is 0 Å². The van der Waals surface area contributed by atoms with Crippen LogP contribution in [0.3, 0.4) is 0 Å². The Hall–Kier alpha value is -2.18. The van der Waals surface area contributed by atoms with Crippen LogP contribution in [-0.2, 0) is 26.2 Å². The molecule has 3 heterocycles. The van der Waals surface area contributed by atoms with Crippen LogP contribution in [0.2, 0.25) is 0 Å². The Bertz CT molecular complexity index is 825. The normalized spacial score (nSPS) is 18.3. The summed E-state index contributed by atoms with van der Waals surface area (Å²) in [5.74, 6) is 1.78. The minimum Gasteiger partial charge on any atom is -0.497 e. The van der Waals surface area contributed by atoms with E-state index in [1.807, 2.05) is 16.7 Å². The number of benzene rings is 1. The Morgan fingerprint density at radius 3 is 2.44 bits per heavy atom. The molecule has 4 rings (SSSR count). The van der Waals surface area contributed by atoms with Crippen molar-refractivity contribution in [2.45, 2.75) is 45.4 Å². The average molecular weight is 368 g/mol. The highest BCUT2D eigenvalue weighted by atomic mass is 16.5. The van der Waals surface area contributed by atoms with E-state index in [9.17, 15) is 4.79 Å². The molecule has 1 saturated heterocycles. The lowest BCUT2D eigenvalue weighted by Gasteiger charge is -2.20. The van der Waals surface area contributed by atoms with Gasteiger partial charge in [-0.25, -0.2) is 4.98 Å². The van der Waals surface area contributed by atoms with Crippen LogP contribution >= 0.6 is 0 Å². The van der Waals surface area contributed by atoms with Crippen molar-refractivity contribution in [3.8, 4) is 5.75 Å². The van der Waals surface area contributed by atoms with Crippen molar-refractivity contribution < 1.29 is 4.74 Å². The number of hydrogen-bond donors (Lipinski definition) is 0. The van der Waals surface area contributed by atoms with Crippen molar-refractivity contribution in [3.05, 3.63) is 57.8 Å². The van der Waals surface area contributed by atoms with Gasteiger partial charge in [0.05, 0.1) is 19.3 Å². The van der Waals surface area contributed by atoms with E-state index in [-0.39, 0.29) is 5.56 Å². The molecule has 0 radical (unpaired) electrons. The molecule has 1 aromatic carbocycles. The predicted octanol–water partition coefficient (Wildman–Crippen LogP) is 2.25. The van der Waals surface area contributed by atoms with Gasteiger partial charge in [-0.05, 0) is 50.0 Å². The second-order valence-electron chi connectivity index (χ2n) is 7.55. The van der Waals surface area contributed by atoms with Crippen molar-refractivity contribution in [2.24, 2.45) is 0 Å². The fourth-order valence-electron chi connectivity index (χ4n) is 4.07. The molecule has 0 spiro atoms. The third-order valence-corrected chi connectivity index (χ3v) is 5.51. The number of rotatable bonds is 5. The highest BCUT2D eigenvalue weighted by Gasteiger charge is 2.19. The van der Waals surface area contributed by atoms with E-state index in [0.29, 0.717) is 0 Å². The van der Waals surface area contributed by atoms with Gasteiger partial charge in [0.25, 0.3) is 5.56 Å². The maximum absolute atomic E-state index is 12.6. The summed E-state index contributed by atoms with van der Waals surface area (Å²) in [7, 11) is 1.68. The molecule has 6 nitrogen and oxygen atoms in total. The van der Waals surface area contributed by atoms with Crippen LogP contribution in [0.15, 0.2) is 35.1 Å². The minimum absolute atomic E-state index is 0.0977. The summed E-state index contributed by atoms with van der Waals surface area (Å²) < 4.78 is 7.10. The molecule has 1 fully saturated rings. The lowest BCUT2D eigenvalue weighted by molar-refractivity contribution is 0.257. The number of aromatic nitrogens is 2. The highest BCUT2D eigenvalue weighted by Crippen LogP contribution is 2.17. The van der Waals surface area contributed by atoms with Gasteiger partial charge in [0.1, 0.15) is 11.6 Å². The molecule has 0 saturated carbocycles. The Morgan fingerprint density at radius 1 is 0.963 bits per heavy atom. The summed E-state index contributed by atoms with van der Waals surface area (Å²) in [6.07, 6.45) is 3.47. The first-order chi connectivity index (χ1) is 13.2. The first kappa shape index (κ1) is 18.2.